The van der Waals surface area contributed by atoms with E-state index in [1.54, 1.807) is 61.5 Å². The molecule has 0 saturated heterocycles. The summed E-state index contributed by atoms with van der Waals surface area (Å²) < 4.78 is 28.1. The second-order valence-electron chi connectivity index (χ2n) is 8.04. The van der Waals surface area contributed by atoms with E-state index in [0.29, 0.717) is 22.6 Å². The molecule has 0 saturated carbocycles. The number of rotatable bonds is 8. The molecule has 2 amide bonds. The predicted octanol–water partition coefficient (Wildman–Crippen LogP) is 4.00. The van der Waals surface area contributed by atoms with E-state index < -0.39 is 22.5 Å². The number of anilines is 2. The van der Waals surface area contributed by atoms with Gasteiger partial charge in [-0.1, -0.05) is 42.5 Å². The second-order valence-corrected chi connectivity index (χ2v) is 9.90. The molecule has 182 valence electrons. The third-order valence-corrected chi connectivity index (χ3v) is 7.19. The molecule has 3 aromatic carbocycles. The van der Waals surface area contributed by atoms with Crippen LogP contribution in [0, 0.1) is 13.8 Å². The van der Waals surface area contributed by atoms with Crippen LogP contribution in [0.15, 0.2) is 82.8 Å². The van der Waals surface area contributed by atoms with Crippen molar-refractivity contribution in [1.29, 1.82) is 0 Å². The van der Waals surface area contributed by atoms with Gasteiger partial charge in [0.15, 0.2) is 0 Å². The molecule has 3 rings (SSSR count). The summed E-state index contributed by atoms with van der Waals surface area (Å²) in [5, 5.41) is 6.84. The van der Waals surface area contributed by atoms with E-state index in [-0.39, 0.29) is 10.8 Å². The lowest BCUT2D eigenvalue weighted by Crippen LogP contribution is -2.40. The normalized spacial score (nSPS) is 11.6. The van der Waals surface area contributed by atoms with Crippen molar-refractivity contribution in [3.05, 3.63) is 89.5 Å². The fraction of sp³-hybridized carbons (Fsp3) is 0.192. The summed E-state index contributed by atoms with van der Waals surface area (Å²) >= 11 is 0. The number of sulfonamides is 1. The van der Waals surface area contributed by atoms with Crippen molar-refractivity contribution in [2.75, 3.05) is 16.2 Å². The summed E-state index contributed by atoms with van der Waals surface area (Å²) in [4.78, 5) is 24.3. The van der Waals surface area contributed by atoms with E-state index in [4.69, 9.17) is 0 Å². The Morgan fingerprint density at radius 1 is 0.914 bits per heavy atom. The zero-order chi connectivity index (χ0) is 25.6. The van der Waals surface area contributed by atoms with Crippen LogP contribution in [0.4, 0.5) is 11.4 Å². The molecule has 0 spiro atoms. The van der Waals surface area contributed by atoms with Crippen molar-refractivity contribution in [3.8, 4) is 0 Å². The number of benzene rings is 3. The molecule has 9 heteroatoms. The largest absolute Gasteiger partial charge is 0.326 e. The molecule has 0 aliphatic heterocycles. The van der Waals surface area contributed by atoms with Crippen LogP contribution < -0.4 is 15.0 Å². The van der Waals surface area contributed by atoms with Gasteiger partial charge in [0.2, 0.25) is 5.91 Å². The topological polar surface area (TPSA) is 108 Å². The lowest BCUT2D eigenvalue weighted by atomic mass is 10.1. The van der Waals surface area contributed by atoms with Gasteiger partial charge in [0, 0.05) is 12.6 Å². The Kier molecular flexibility index (Phi) is 8.03. The highest BCUT2D eigenvalue weighted by molar-refractivity contribution is 7.92. The molecule has 0 heterocycles. The predicted molar refractivity (Wildman–Crippen MR) is 138 cm³/mol. The highest BCUT2D eigenvalue weighted by Gasteiger charge is 2.28. The number of hydrogen-bond donors (Lipinski definition) is 2. The van der Waals surface area contributed by atoms with Gasteiger partial charge in [-0.15, -0.1) is 0 Å². The van der Waals surface area contributed by atoms with E-state index >= 15 is 0 Å². The first-order valence-electron chi connectivity index (χ1n) is 10.9. The minimum atomic E-state index is -4.01. The van der Waals surface area contributed by atoms with Crippen LogP contribution in [-0.2, 0) is 19.6 Å². The van der Waals surface area contributed by atoms with E-state index in [1.807, 2.05) is 19.9 Å². The summed E-state index contributed by atoms with van der Waals surface area (Å²) in [6.07, 6.45) is 0. The van der Waals surface area contributed by atoms with Crippen LogP contribution in [0.25, 0.3) is 0 Å². The number of amides is 2. The number of hydrogen-bond acceptors (Lipinski definition) is 5. The van der Waals surface area contributed by atoms with Crippen LogP contribution in [0.5, 0.6) is 0 Å². The fourth-order valence-electron chi connectivity index (χ4n) is 3.43. The molecule has 0 aliphatic rings. The molecular formula is C26H28N4O4S. The lowest BCUT2D eigenvalue weighted by molar-refractivity contribution is -0.119. The van der Waals surface area contributed by atoms with Crippen LogP contribution in [0.2, 0.25) is 0 Å². The molecule has 0 aliphatic carbocycles. The monoisotopic (exact) mass is 492 g/mol. The van der Waals surface area contributed by atoms with Gasteiger partial charge in [-0.2, -0.15) is 5.10 Å². The van der Waals surface area contributed by atoms with Crippen molar-refractivity contribution >= 4 is 38.9 Å². The molecule has 0 fully saturated rings. The molecule has 0 atom stereocenters. The molecule has 8 nitrogen and oxygen atoms in total. The van der Waals surface area contributed by atoms with Gasteiger partial charge >= 0.3 is 0 Å². The van der Waals surface area contributed by atoms with Gasteiger partial charge in [-0.3, -0.25) is 13.9 Å². The third kappa shape index (κ3) is 6.33. The number of hydrazone groups is 1. The Hall–Kier alpha value is -3.98. The number of carbonyl (C=O) groups is 2. The van der Waals surface area contributed by atoms with Crippen LogP contribution >= 0.6 is 0 Å². The van der Waals surface area contributed by atoms with Crippen molar-refractivity contribution in [1.82, 2.24) is 5.43 Å². The summed E-state index contributed by atoms with van der Waals surface area (Å²) in [7, 11) is -4.01. The minimum absolute atomic E-state index is 0.0863. The summed E-state index contributed by atoms with van der Waals surface area (Å²) in [5.74, 6) is -0.793. The SMILES string of the molecule is CC(=O)Nc1cccc(/C(C)=N/NC(=O)CN(c2cccc(C)c2C)S(=O)(=O)c2ccccc2)c1. The number of carbonyl (C=O) groups excluding carboxylic acids is 2. The van der Waals surface area contributed by atoms with Crippen molar-refractivity contribution in [2.24, 2.45) is 5.10 Å². The van der Waals surface area contributed by atoms with Crippen molar-refractivity contribution in [2.45, 2.75) is 32.6 Å². The highest BCUT2D eigenvalue weighted by Crippen LogP contribution is 2.28. The minimum Gasteiger partial charge on any atom is -0.326 e. The Morgan fingerprint density at radius 3 is 2.29 bits per heavy atom. The molecule has 0 radical (unpaired) electrons. The summed E-state index contributed by atoms with van der Waals surface area (Å²) in [6.45, 7) is 6.37. The van der Waals surface area contributed by atoms with E-state index in [1.165, 1.54) is 19.1 Å². The van der Waals surface area contributed by atoms with Crippen molar-refractivity contribution in [3.63, 3.8) is 0 Å². The van der Waals surface area contributed by atoms with E-state index in [2.05, 4.69) is 15.8 Å². The maximum Gasteiger partial charge on any atom is 0.264 e. The fourth-order valence-corrected chi connectivity index (χ4v) is 4.93. The molecule has 3 aromatic rings. The number of nitrogens with one attached hydrogen (secondary N) is 2. The van der Waals surface area contributed by atoms with Gasteiger partial charge < -0.3 is 5.32 Å². The molecule has 35 heavy (non-hydrogen) atoms. The molecular weight excluding hydrogens is 464 g/mol. The first kappa shape index (κ1) is 25.6. The molecule has 2 N–H and O–H groups in total. The highest BCUT2D eigenvalue weighted by atomic mass is 32.2. The maximum atomic E-state index is 13.5. The summed E-state index contributed by atoms with van der Waals surface area (Å²) in [5.41, 5.74) is 6.34. The Bertz CT molecular complexity index is 1370. The first-order valence-corrected chi connectivity index (χ1v) is 12.4. The zero-order valence-electron chi connectivity index (χ0n) is 20.1. The van der Waals surface area contributed by atoms with Crippen LogP contribution in [0.3, 0.4) is 0 Å². The summed E-state index contributed by atoms with van der Waals surface area (Å²) in [6, 6.07) is 20.3. The van der Waals surface area contributed by atoms with Gasteiger partial charge in [0.25, 0.3) is 15.9 Å². The average Bonchev–Trinajstić information content (AvgIpc) is 2.83. The zero-order valence-corrected chi connectivity index (χ0v) is 20.9. The maximum absolute atomic E-state index is 13.5. The van der Waals surface area contributed by atoms with Crippen molar-refractivity contribution < 1.29 is 18.0 Å². The van der Waals surface area contributed by atoms with Crippen LogP contribution in [0.1, 0.15) is 30.5 Å². The van der Waals surface area contributed by atoms with Gasteiger partial charge in [-0.25, -0.2) is 13.8 Å². The van der Waals surface area contributed by atoms with Crippen LogP contribution in [-0.4, -0.2) is 32.5 Å². The Morgan fingerprint density at radius 2 is 1.60 bits per heavy atom. The number of nitrogens with zero attached hydrogens (tertiary/aromatic N) is 2. The second kappa shape index (κ2) is 11.0. The first-order chi connectivity index (χ1) is 16.6. The molecule has 0 unspecified atom stereocenters. The third-order valence-electron chi connectivity index (χ3n) is 5.41. The molecule has 0 aromatic heterocycles. The van der Waals surface area contributed by atoms with Gasteiger partial charge in [-0.05, 0) is 67.8 Å². The van der Waals surface area contributed by atoms with E-state index in [0.717, 1.165) is 15.4 Å². The quantitative estimate of drug-likeness (QED) is 0.366. The lowest BCUT2D eigenvalue weighted by Gasteiger charge is -2.26. The molecule has 0 bridgehead atoms. The van der Waals surface area contributed by atoms with Gasteiger partial charge in [0.05, 0.1) is 16.3 Å². The standard InChI is InChI=1S/C26H28N4O4S/c1-18-10-8-15-25(19(18)2)30(35(33,34)24-13-6-5-7-14-24)17-26(32)29-28-20(3)22-11-9-12-23(16-22)27-21(4)31/h5-16H,17H2,1-4H3,(H,27,31)(H,29,32)/b28-20+. The smallest absolute Gasteiger partial charge is 0.264 e. The Labute approximate surface area is 205 Å². The van der Waals surface area contributed by atoms with E-state index in [9.17, 15) is 18.0 Å². The average molecular weight is 493 g/mol. The number of aryl methyl sites for hydroxylation is 1. The van der Waals surface area contributed by atoms with Gasteiger partial charge in [0.1, 0.15) is 6.54 Å². The Balaban J connectivity index is 1.87.